The summed E-state index contributed by atoms with van der Waals surface area (Å²) in [6.07, 6.45) is 3.30. The molecule has 1 aliphatic heterocycles. The van der Waals surface area contributed by atoms with Crippen molar-refractivity contribution in [2.75, 3.05) is 31.5 Å². The molecule has 0 bridgehead atoms. The number of rotatable bonds is 5. The van der Waals surface area contributed by atoms with E-state index < -0.39 is 0 Å². The van der Waals surface area contributed by atoms with Gasteiger partial charge in [-0.2, -0.15) is 0 Å². The molecule has 1 heterocycles. The molecule has 1 fully saturated rings. The van der Waals surface area contributed by atoms with E-state index in [2.05, 4.69) is 10.6 Å². The molecule has 2 amide bonds. The van der Waals surface area contributed by atoms with Gasteiger partial charge in [0.25, 0.3) is 5.91 Å². The van der Waals surface area contributed by atoms with Crippen LogP contribution in [-0.2, 0) is 4.79 Å². The monoisotopic (exact) mass is 289 g/mol. The minimum absolute atomic E-state index is 0.00369. The zero-order valence-corrected chi connectivity index (χ0v) is 12.5. The number of para-hydroxylation sites is 1. The van der Waals surface area contributed by atoms with Gasteiger partial charge in [-0.1, -0.05) is 12.1 Å². The molecule has 0 atom stereocenters. The van der Waals surface area contributed by atoms with Crippen molar-refractivity contribution in [1.29, 1.82) is 0 Å². The zero-order chi connectivity index (χ0) is 15.1. The Balaban J connectivity index is 1.90. The van der Waals surface area contributed by atoms with E-state index in [1.807, 2.05) is 30.0 Å². The predicted octanol–water partition coefficient (Wildman–Crippen LogP) is 1.86. The van der Waals surface area contributed by atoms with Crippen molar-refractivity contribution in [3.05, 3.63) is 29.8 Å². The smallest absolute Gasteiger partial charge is 0.253 e. The van der Waals surface area contributed by atoms with Gasteiger partial charge in [0.15, 0.2) is 0 Å². The minimum atomic E-state index is -0.211. The van der Waals surface area contributed by atoms with Crippen molar-refractivity contribution < 1.29 is 9.59 Å². The fourth-order valence-corrected chi connectivity index (χ4v) is 2.53. The van der Waals surface area contributed by atoms with Gasteiger partial charge < -0.3 is 15.5 Å². The van der Waals surface area contributed by atoms with Gasteiger partial charge in [-0.15, -0.1) is 0 Å². The lowest BCUT2D eigenvalue weighted by Gasteiger charge is -2.26. The summed E-state index contributed by atoms with van der Waals surface area (Å²) in [5, 5.41) is 5.88. The molecule has 114 valence electrons. The lowest BCUT2D eigenvalue weighted by atomic mass is 10.1. The van der Waals surface area contributed by atoms with Gasteiger partial charge in [-0.3, -0.25) is 9.59 Å². The highest BCUT2D eigenvalue weighted by Crippen LogP contribution is 2.14. The number of carbonyl (C=O) groups excluding carboxylic acids is 2. The van der Waals surface area contributed by atoms with Crippen LogP contribution < -0.4 is 10.6 Å². The van der Waals surface area contributed by atoms with Crippen molar-refractivity contribution in [2.45, 2.75) is 26.2 Å². The number of piperidine rings is 1. The van der Waals surface area contributed by atoms with Crippen LogP contribution in [0, 0.1) is 0 Å². The van der Waals surface area contributed by atoms with Gasteiger partial charge in [-0.05, 0) is 38.3 Å². The molecule has 2 N–H and O–H groups in total. The molecule has 1 aromatic rings. The predicted molar refractivity (Wildman–Crippen MR) is 83.4 cm³/mol. The minimum Gasteiger partial charge on any atom is -0.385 e. The van der Waals surface area contributed by atoms with Crippen molar-refractivity contribution in [3.63, 3.8) is 0 Å². The molecule has 0 aromatic heterocycles. The van der Waals surface area contributed by atoms with Crippen LogP contribution in [0.2, 0.25) is 0 Å². The molecule has 0 spiro atoms. The molecule has 2 rings (SSSR count). The van der Waals surface area contributed by atoms with Crippen LogP contribution in [0.1, 0.15) is 36.5 Å². The second-order valence-electron chi connectivity index (χ2n) is 5.20. The Kier molecular flexibility index (Phi) is 5.60. The summed E-state index contributed by atoms with van der Waals surface area (Å²) in [6.45, 7) is 4.41. The lowest BCUT2D eigenvalue weighted by molar-refractivity contribution is -0.130. The Morgan fingerprint density at radius 2 is 1.86 bits per heavy atom. The average Bonchev–Trinajstić information content (AvgIpc) is 2.54. The maximum atomic E-state index is 12.2. The first-order valence-electron chi connectivity index (χ1n) is 7.61. The highest BCUT2D eigenvalue weighted by Gasteiger charge is 2.18. The van der Waals surface area contributed by atoms with Crippen LogP contribution >= 0.6 is 0 Å². The van der Waals surface area contributed by atoms with Gasteiger partial charge >= 0.3 is 0 Å². The van der Waals surface area contributed by atoms with Crippen LogP contribution in [-0.4, -0.2) is 42.9 Å². The van der Waals surface area contributed by atoms with Crippen LogP contribution in [0.5, 0.6) is 0 Å². The third kappa shape index (κ3) is 4.21. The third-order valence-electron chi connectivity index (χ3n) is 3.65. The van der Waals surface area contributed by atoms with E-state index >= 15 is 0 Å². The molecule has 1 aromatic carbocycles. The number of nitrogens with one attached hydrogen (secondary N) is 2. The summed E-state index contributed by atoms with van der Waals surface area (Å²) in [4.78, 5) is 26.1. The summed E-state index contributed by atoms with van der Waals surface area (Å²) in [7, 11) is 0. The average molecular weight is 289 g/mol. The Morgan fingerprint density at radius 3 is 2.57 bits per heavy atom. The highest BCUT2D eigenvalue weighted by molar-refractivity contribution is 6.01. The summed E-state index contributed by atoms with van der Waals surface area (Å²) < 4.78 is 0. The number of anilines is 1. The molecule has 0 radical (unpaired) electrons. The quantitative estimate of drug-likeness (QED) is 0.870. The first kappa shape index (κ1) is 15.4. The molecule has 21 heavy (non-hydrogen) atoms. The lowest BCUT2D eigenvalue weighted by Crippen LogP contribution is -2.42. The molecule has 0 aliphatic carbocycles. The van der Waals surface area contributed by atoms with Crippen LogP contribution in [0.15, 0.2) is 24.3 Å². The van der Waals surface area contributed by atoms with E-state index in [0.717, 1.165) is 38.2 Å². The van der Waals surface area contributed by atoms with Crippen molar-refractivity contribution in [2.24, 2.45) is 0 Å². The van der Waals surface area contributed by atoms with E-state index in [-0.39, 0.29) is 18.4 Å². The number of benzene rings is 1. The third-order valence-corrected chi connectivity index (χ3v) is 3.65. The number of amides is 2. The second kappa shape index (κ2) is 7.67. The SMILES string of the molecule is CCNc1ccccc1C(=O)NCC(=O)N1CCCCC1. The van der Waals surface area contributed by atoms with Crippen molar-refractivity contribution in [3.8, 4) is 0 Å². The number of hydrogen-bond donors (Lipinski definition) is 2. The van der Waals surface area contributed by atoms with E-state index in [0.29, 0.717) is 5.56 Å². The largest absolute Gasteiger partial charge is 0.385 e. The van der Waals surface area contributed by atoms with Gasteiger partial charge in [0.05, 0.1) is 12.1 Å². The number of nitrogens with zero attached hydrogens (tertiary/aromatic N) is 1. The summed E-state index contributed by atoms with van der Waals surface area (Å²) in [5.74, 6) is -0.208. The Morgan fingerprint density at radius 1 is 1.14 bits per heavy atom. The highest BCUT2D eigenvalue weighted by atomic mass is 16.2. The Bertz CT molecular complexity index is 496. The summed E-state index contributed by atoms with van der Waals surface area (Å²) in [5.41, 5.74) is 1.37. The topological polar surface area (TPSA) is 61.4 Å². The second-order valence-corrected chi connectivity index (χ2v) is 5.20. The van der Waals surface area contributed by atoms with Crippen LogP contribution in [0.4, 0.5) is 5.69 Å². The van der Waals surface area contributed by atoms with Gasteiger partial charge in [0.1, 0.15) is 0 Å². The molecular weight excluding hydrogens is 266 g/mol. The summed E-state index contributed by atoms with van der Waals surface area (Å²) in [6, 6.07) is 7.33. The van der Waals surface area contributed by atoms with E-state index in [1.54, 1.807) is 6.07 Å². The fraction of sp³-hybridized carbons (Fsp3) is 0.500. The summed E-state index contributed by atoms with van der Waals surface area (Å²) >= 11 is 0. The number of likely N-dealkylation sites (tertiary alicyclic amines) is 1. The van der Waals surface area contributed by atoms with Crippen LogP contribution in [0.3, 0.4) is 0 Å². The van der Waals surface area contributed by atoms with Gasteiger partial charge in [0, 0.05) is 25.3 Å². The molecule has 1 saturated heterocycles. The molecular formula is C16H23N3O2. The van der Waals surface area contributed by atoms with E-state index in [9.17, 15) is 9.59 Å². The maximum Gasteiger partial charge on any atom is 0.253 e. The number of hydrogen-bond acceptors (Lipinski definition) is 3. The van der Waals surface area contributed by atoms with E-state index in [1.165, 1.54) is 6.42 Å². The van der Waals surface area contributed by atoms with Gasteiger partial charge in [0.2, 0.25) is 5.91 Å². The molecule has 0 unspecified atom stereocenters. The molecule has 1 aliphatic rings. The van der Waals surface area contributed by atoms with Crippen molar-refractivity contribution >= 4 is 17.5 Å². The number of carbonyl (C=O) groups is 2. The zero-order valence-electron chi connectivity index (χ0n) is 12.5. The van der Waals surface area contributed by atoms with Gasteiger partial charge in [-0.25, -0.2) is 0 Å². The molecule has 5 nitrogen and oxygen atoms in total. The normalized spacial score (nSPS) is 14.6. The first-order chi connectivity index (χ1) is 10.2. The first-order valence-corrected chi connectivity index (χ1v) is 7.61. The Hall–Kier alpha value is -2.04. The maximum absolute atomic E-state index is 12.2. The standard InChI is InChI=1S/C16H23N3O2/c1-2-17-14-9-5-4-8-13(14)16(21)18-12-15(20)19-10-6-3-7-11-19/h4-5,8-9,17H,2-3,6-7,10-12H2,1H3,(H,18,21). The van der Waals surface area contributed by atoms with E-state index in [4.69, 9.17) is 0 Å². The molecule has 5 heteroatoms. The fourth-order valence-electron chi connectivity index (χ4n) is 2.53. The van der Waals surface area contributed by atoms with Crippen LogP contribution in [0.25, 0.3) is 0 Å². The molecule has 0 saturated carbocycles. The van der Waals surface area contributed by atoms with Crippen molar-refractivity contribution in [1.82, 2.24) is 10.2 Å². The Labute approximate surface area is 125 Å².